The zero-order valence-corrected chi connectivity index (χ0v) is 33.2. The van der Waals surface area contributed by atoms with E-state index in [1.165, 1.54) is 186 Å². The van der Waals surface area contributed by atoms with Gasteiger partial charge in [-0.05, 0) is 44.9 Å². The van der Waals surface area contributed by atoms with Crippen LogP contribution in [0.3, 0.4) is 0 Å². The molecule has 0 amide bonds. The van der Waals surface area contributed by atoms with Crippen molar-refractivity contribution >= 4 is 5.97 Å². The Morgan fingerprint density at radius 1 is 0.490 bits per heavy atom. The summed E-state index contributed by atoms with van der Waals surface area (Å²) in [7, 11) is 0. The summed E-state index contributed by atoms with van der Waals surface area (Å²) in [6, 6.07) is 0. The van der Waals surface area contributed by atoms with Crippen molar-refractivity contribution in [1.82, 2.24) is 0 Å². The molecule has 0 aromatic rings. The van der Waals surface area contributed by atoms with Gasteiger partial charge in [-0.2, -0.15) is 0 Å². The summed E-state index contributed by atoms with van der Waals surface area (Å²) < 4.78 is 11.2. The molecule has 0 aromatic carbocycles. The molecule has 0 rings (SSSR count). The van der Waals surface area contributed by atoms with Gasteiger partial charge < -0.3 is 14.6 Å². The Balaban J connectivity index is 3.39. The molecule has 290 valence electrons. The highest BCUT2D eigenvalue weighted by Crippen LogP contribution is 2.15. The number of carbonyl (C=O) groups is 1. The molecule has 49 heavy (non-hydrogen) atoms. The Hall–Kier alpha value is -1.13. The van der Waals surface area contributed by atoms with Crippen LogP contribution in [-0.2, 0) is 14.3 Å². The van der Waals surface area contributed by atoms with Gasteiger partial charge >= 0.3 is 5.97 Å². The van der Waals surface area contributed by atoms with Crippen molar-refractivity contribution in [3.63, 3.8) is 0 Å². The summed E-state index contributed by atoms with van der Waals surface area (Å²) in [6.07, 6.45) is 52.4. The summed E-state index contributed by atoms with van der Waals surface area (Å²) in [5, 5.41) is 9.60. The van der Waals surface area contributed by atoms with Gasteiger partial charge in [-0.15, -0.1) is 0 Å². The number of ether oxygens (including phenoxy) is 2. The lowest BCUT2D eigenvalue weighted by atomic mass is 10.0. The van der Waals surface area contributed by atoms with E-state index in [1.54, 1.807) is 0 Å². The van der Waals surface area contributed by atoms with Gasteiger partial charge in [0.05, 0.1) is 13.2 Å². The maximum atomic E-state index is 12.2. The zero-order valence-electron chi connectivity index (χ0n) is 33.2. The minimum atomic E-state index is -0.534. The SMILES string of the molecule is CCCCC/C=C\C/C=C\CCCCCCCCCC(=O)OC(CO)COCCCCCCCCCCCCCCCCCCCCCC. The summed E-state index contributed by atoms with van der Waals surface area (Å²) in [4.78, 5) is 12.2. The van der Waals surface area contributed by atoms with Crippen LogP contribution in [0.4, 0.5) is 0 Å². The quantitative estimate of drug-likeness (QED) is 0.0394. The highest BCUT2D eigenvalue weighted by atomic mass is 16.6. The predicted octanol–water partition coefficient (Wildman–Crippen LogP) is 14.3. The van der Waals surface area contributed by atoms with E-state index in [-0.39, 0.29) is 12.6 Å². The minimum absolute atomic E-state index is 0.171. The van der Waals surface area contributed by atoms with E-state index >= 15 is 0 Å². The van der Waals surface area contributed by atoms with Gasteiger partial charge in [0.25, 0.3) is 0 Å². The summed E-state index contributed by atoms with van der Waals surface area (Å²) in [5.41, 5.74) is 0. The molecular weight excluding hydrogens is 604 g/mol. The van der Waals surface area contributed by atoms with E-state index in [2.05, 4.69) is 38.2 Å². The molecule has 0 bridgehead atoms. The molecule has 0 saturated carbocycles. The van der Waals surface area contributed by atoms with Crippen molar-refractivity contribution in [1.29, 1.82) is 0 Å². The van der Waals surface area contributed by atoms with Crippen LogP contribution in [0.15, 0.2) is 24.3 Å². The molecule has 0 fully saturated rings. The molecule has 4 heteroatoms. The largest absolute Gasteiger partial charge is 0.457 e. The lowest BCUT2D eigenvalue weighted by Crippen LogP contribution is -2.27. The number of unbranched alkanes of at least 4 members (excludes halogenated alkanes) is 29. The predicted molar refractivity (Wildman–Crippen MR) is 214 cm³/mol. The fourth-order valence-electron chi connectivity index (χ4n) is 6.48. The van der Waals surface area contributed by atoms with Crippen LogP contribution < -0.4 is 0 Å². The van der Waals surface area contributed by atoms with Crippen LogP contribution in [-0.4, -0.2) is 37.0 Å². The zero-order chi connectivity index (χ0) is 35.6. The first kappa shape index (κ1) is 47.9. The molecule has 0 heterocycles. The van der Waals surface area contributed by atoms with Gasteiger partial charge in [-0.25, -0.2) is 0 Å². The van der Waals surface area contributed by atoms with Crippen molar-refractivity contribution in [3.8, 4) is 0 Å². The van der Waals surface area contributed by atoms with Gasteiger partial charge in [0.1, 0.15) is 6.10 Å². The summed E-state index contributed by atoms with van der Waals surface area (Å²) in [6.45, 7) is 5.35. The normalized spacial score (nSPS) is 12.5. The van der Waals surface area contributed by atoms with Crippen LogP contribution in [0.5, 0.6) is 0 Å². The molecule has 0 radical (unpaired) electrons. The van der Waals surface area contributed by atoms with E-state index in [1.807, 2.05) is 0 Å². The number of allylic oxidation sites excluding steroid dienone is 4. The molecule has 0 aliphatic heterocycles. The number of hydrogen-bond acceptors (Lipinski definition) is 4. The van der Waals surface area contributed by atoms with Gasteiger partial charge in [0.15, 0.2) is 0 Å². The second-order valence-corrected chi connectivity index (χ2v) is 14.8. The van der Waals surface area contributed by atoms with Crippen LogP contribution in [0, 0.1) is 0 Å². The molecule has 0 aromatic heterocycles. The van der Waals surface area contributed by atoms with Crippen LogP contribution in [0.2, 0.25) is 0 Å². The monoisotopic (exact) mass is 691 g/mol. The molecule has 0 aliphatic carbocycles. The van der Waals surface area contributed by atoms with Crippen molar-refractivity contribution in [2.75, 3.05) is 19.8 Å². The first-order valence-electron chi connectivity index (χ1n) is 21.9. The Kier molecular flexibility index (Phi) is 42.0. The van der Waals surface area contributed by atoms with Crippen molar-refractivity contribution in [2.24, 2.45) is 0 Å². The lowest BCUT2D eigenvalue weighted by molar-refractivity contribution is -0.154. The van der Waals surface area contributed by atoms with Gasteiger partial charge in [-0.1, -0.05) is 205 Å². The van der Waals surface area contributed by atoms with E-state index in [4.69, 9.17) is 9.47 Å². The molecule has 1 atom stereocenters. The average Bonchev–Trinajstić information content (AvgIpc) is 3.11. The number of carbonyl (C=O) groups excluding carboxylic acids is 1. The average molecular weight is 691 g/mol. The number of aliphatic hydroxyl groups excluding tert-OH is 1. The summed E-state index contributed by atoms with van der Waals surface area (Å²) in [5.74, 6) is -0.205. The Bertz CT molecular complexity index is 688. The molecule has 0 saturated heterocycles. The number of aliphatic hydroxyl groups is 1. The number of hydrogen-bond donors (Lipinski definition) is 1. The second-order valence-electron chi connectivity index (χ2n) is 14.8. The third kappa shape index (κ3) is 41.2. The molecule has 0 aliphatic rings. The minimum Gasteiger partial charge on any atom is -0.457 e. The topological polar surface area (TPSA) is 55.8 Å². The standard InChI is InChI=1S/C45H86O4/c1-3-5-7-9-11-13-15-17-19-21-22-23-25-27-29-31-33-35-37-39-41-48-43-44(42-46)49-45(47)40-38-36-34-32-30-28-26-24-20-18-16-14-12-10-8-6-4-2/h12,14,18,20,44,46H,3-11,13,15-17,19,21-43H2,1-2H3/b14-12-,20-18-. The molecule has 0 spiro atoms. The maximum absolute atomic E-state index is 12.2. The van der Waals surface area contributed by atoms with Crippen LogP contribution >= 0.6 is 0 Å². The Morgan fingerprint density at radius 3 is 1.31 bits per heavy atom. The third-order valence-corrected chi connectivity index (χ3v) is 9.78. The van der Waals surface area contributed by atoms with Crippen molar-refractivity contribution in [3.05, 3.63) is 24.3 Å². The van der Waals surface area contributed by atoms with Gasteiger partial charge in [0.2, 0.25) is 0 Å². The summed E-state index contributed by atoms with van der Waals surface area (Å²) >= 11 is 0. The third-order valence-electron chi connectivity index (χ3n) is 9.78. The van der Waals surface area contributed by atoms with Gasteiger partial charge in [0, 0.05) is 13.0 Å². The maximum Gasteiger partial charge on any atom is 0.306 e. The number of esters is 1. The van der Waals surface area contributed by atoms with Crippen molar-refractivity contribution in [2.45, 2.75) is 238 Å². The molecule has 1 N–H and O–H groups in total. The lowest BCUT2D eigenvalue weighted by Gasteiger charge is -2.16. The van der Waals surface area contributed by atoms with Crippen molar-refractivity contribution < 1.29 is 19.4 Å². The van der Waals surface area contributed by atoms with Crippen LogP contribution in [0.1, 0.15) is 232 Å². The molecule has 4 nitrogen and oxygen atoms in total. The van der Waals surface area contributed by atoms with E-state index in [0.29, 0.717) is 19.6 Å². The highest BCUT2D eigenvalue weighted by Gasteiger charge is 2.13. The fraction of sp³-hybridized carbons (Fsp3) is 0.889. The van der Waals surface area contributed by atoms with Gasteiger partial charge in [-0.3, -0.25) is 4.79 Å². The molecule has 1 unspecified atom stereocenters. The Morgan fingerprint density at radius 2 is 0.857 bits per heavy atom. The van der Waals surface area contributed by atoms with E-state index < -0.39 is 6.10 Å². The first-order valence-corrected chi connectivity index (χ1v) is 21.9. The fourth-order valence-corrected chi connectivity index (χ4v) is 6.48. The van der Waals surface area contributed by atoms with E-state index in [0.717, 1.165) is 25.7 Å². The smallest absolute Gasteiger partial charge is 0.306 e. The Labute approximate surface area is 307 Å². The van der Waals surface area contributed by atoms with Crippen LogP contribution in [0.25, 0.3) is 0 Å². The first-order chi connectivity index (χ1) is 24.2. The molecular formula is C45H86O4. The van der Waals surface area contributed by atoms with E-state index in [9.17, 15) is 9.90 Å². The highest BCUT2D eigenvalue weighted by molar-refractivity contribution is 5.69. The second kappa shape index (κ2) is 43.0. The number of rotatable bonds is 41.